The smallest absolute Gasteiger partial charge is 0.248 e. The molecular weight excluding hydrogens is 334 g/mol. The zero-order chi connectivity index (χ0) is 18.9. The first-order valence-electron chi connectivity index (χ1n) is 9.87. The van der Waals surface area contributed by atoms with Crippen molar-refractivity contribution in [3.05, 3.63) is 65.5 Å². The Labute approximate surface area is 160 Å². The monoisotopic (exact) mass is 361 g/mol. The SMILES string of the molecule is CC1(Cn2c(Cc3ccccc3)nc3cc(C(N)=O)ccc32)CCCCC1. The van der Waals surface area contributed by atoms with Crippen molar-refractivity contribution < 1.29 is 4.79 Å². The van der Waals surface area contributed by atoms with Crippen LogP contribution in [0.1, 0.15) is 60.8 Å². The van der Waals surface area contributed by atoms with Crippen LogP contribution in [-0.2, 0) is 13.0 Å². The van der Waals surface area contributed by atoms with E-state index in [1.807, 2.05) is 24.3 Å². The normalized spacial score (nSPS) is 16.5. The fourth-order valence-corrected chi connectivity index (χ4v) is 4.37. The summed E-state index contributed by atoms with van der Waals surface area (Å²) >= 11 is 0. The lowest BCUT2D eigenvalue weighted by Crippen LogP contribution is -2.27. The number of carbonyl (C=O) groups excluding carboxylic acids is 1. The van der Waals surface area contributed by atoms with E-state index in [0.717, 1.165) is 29.8 Å². The molecule has 1 aromatic heterocycles. The summed E-state index contributed by atoms with van der Waals surface area (Å²) < 4.78 is 2.37. The minimum Gasteiger partial charge on any atom is -0.366 e. The highest BCUT2D eigenvalue weighted by Gasteiger charge is 2.29. The summed E-state index contributed by atoms with van der Waals surface area (Å²) in [5, 5.41) is 0. The van der Waals surface area contributed by atoms with E-state index in [4.69, 9.17) is 10.7 Å². The van der Waals surface area contributed by atoms with Gasteiger partial charge in [-0.2, -0.15) is 0 Å². The van der Waals surface area contributed by atoms with Crippen LogP contribution in [0.3, 0.4) is 0 Å². The lowest BCUT2D eigenvalue weighted by atomic mass is 9.75. The molecule has 1 saturated carbocycles. The van der Waals surface area contributed by atoms with Gasteiger partial charge in [0, 0.05) is 18.5 Å². The zero-order valence-corrected chi connectivity index (χ0v) is 15.9. The Kier molecular flexibility index (Phi) is 4.73. The van der Waals surface area contributed by atoms with Gasteiger partial charge < -0.3 is 10.3 Å². The molecule has 1 heterocycles. The van der Waals surface area contributed by atoms with Crippen molar-refractivity contribution in [2.45, 2.75) is 52.0 Å². The summed E-state index contributed by atoms with van der Waals surface area (Å²) in [6.45, 7) is 3.38. The first-order valence-corrected chi connectivity index (χ1v) is 9.87. The number of carbonyl (C=O) groups is 1. The molecule has 2 aromatic carbocycles. The predicted molar refractivity (Wildman–Crippen MR) is 109 cm³/mol. The molecule has 0 spiro atoms. The van der Waals surface area contributed by atoms with Crippen LogP contribution in [0.15, 0.2) is 48.5 Å². The summed E-state index contributed by atoms with van der Waals surface area (Å²) in [5.74, 6) is 0.653. The van der Waals surface area contributed by atoms with Gasteiger partial charge in [0.1, 0.15) is 5.82 Å². The maximum atomic E-state index is 11.6. The number of rotatable bonds is 5. The van der Waals surface area contributed by atoms with Crippen LogP contribution in [0.2, 0.25) is 0 Å². The molecular formula is C23H27N3O. The minimum absolute atomic E-state index is 0.305. The summed E-state index contributed by atoms with van der Waals surface area (Å²) in [6, 6.07) is 16.1. The minimum atomic E-state index is -0.407. The molecule has 0 atom stereocenters. The van der Waals surface area contributed by atoms with Crippen LogP contribution in [0.25, 0.3) is 11.0 Å². The van der Waals surface area contributed by atoms with Crippen molar-refractivity contribution in [3.63, 3.8) is 0 Å². The molecule has 0 unspecified atom stereocenters. The molecule has 1 aliphatic rings. The van der Waals surface area contributed by atoms with E-state index >= 15 is 0 Å². The van der Waals surface area contributed by atoms with E-state index in [-0.39, 0.29) is 0 Å². The maximum Gasteiger partial charge on any atom is 0.248 e. The fourth-order valence-electron chi connectivity index (χ4n) is 4.37. The largest absolute Gasteiger partial charge is 0.366 e. The molecule has 0 aliphatic heterocycles. The van der Waals surface area contributed by atoms with Crippen molar-refractivity contribution in [3.8, 4) is 0 Å². The van der Waals surface area contributed by atoms with Gasteiger partial charge in [0.25, 0.3) is 0 Å². The molecule has 4 rings (SSSR count). The topological polar surface area (TPSA) is 60.9 Å². The van der Waals surface area contributed by atoms with Gasteiger partial charge in [-0.15, -0.1) is 0 Å². The van der Waals surface area contributed by atoms with E-state index in [0.29, 0.717) is 11.0 Å². The molecule has 0 radical (unpaired) electrons. The van der Waals surface area contributed by atoms with E-state index in [9.17, 15) is 4.79 Å². The molecule has 3 aromatic rings. The molecule has 4 heteroatoms. The highest BCUT2D eigenvalue weighted by molar-refractivity contribution is 5.96. The molecule has 1 aliphatic carbocycles. The number of nitrogens with two attached hydrogens (primary N) is 1. The Morgan fingerprint density at radius 1 is 1.11 bits per heavy atom. The molecule has 140 valence electrons. The molecule has 0 saturated heterocycles. The van der Waals surface area contributed by atoms with Gasteiger partial charge in [-0.1, -0.05) is 56.5 Å². The van der Waals surface area contributed by atoms with Crippen molar-refractivity contribution in [1.29, 1.82) is 0 Å². The Balaban J connectivity index is 1.77. The number of hydrogen-bond donors (Lipinski definition) is 1. The third-order valence-corrected chi connectivity index (χ3v) is 5.92. The number of aromatic nitrogens is 2. The number of amides is 1. The van der Waals surface area contributed by atoms with Gasteiger partial charge in [-0.3, -0.25) is 4.79 Å². The quantitative estimate of drug-likeness (QED) is 0.716. The van der Waals surface area contributed by atoms with Gasteiger partial charge in [0.15, 0.2) is 0 Å². The van der Waals surface area contributed by atoms with Gasteiger partial charge in [-0.25, -0.2) is 4.98 Å². The second-order valence-corrected chi connectivity index (χ2v) is 8.22. The van der Waals surface area contributed by atoms with Crippen LogP contribution < -0.4 is 5.73 Å². The predicted octanol–water partition coefficient (Wildman–Crippen LogP) is 4.70. The first kappa shape index (κ1) is 17.8. The van der Waals surface area contributed by atoms with E-state index in [2.05, 4.69) is 35.8 Å². The zero-order valence-electron chi connectivity index (χ0n) is 15.9. The molecule has 2 N–H and O–H groups in total. The van der Waals surface area contributed by atoms with Crippen molar-refractivity contribution >= 4 is 16.9 Å². The average molecular weight is 361 g/mol. The lowest BCUT2D eigenvalue weighted by molar-refractivity contribution is 0.100. The third-order valence-electron chi connectivity index (χ3n) is 5.92. The number of imidazole rings is 1. The Morgan fingerprint density at radius 2 is 1.85 bits per heavy atom. The number of nitrogens with zero attached hydrogens (tertiary/aromatic N) is 2. The van der Waals surface area contributed by atoms with E-state index < -0.39 is 5.91 Å². The van der Waals surface area contributed by atoms with Crippen LogP contribution in [-0.4, -0.2) is 15.5 Å². The van der Waals surface area contributed by atoms with Crippen LogP contribution in [0.5, 0.6) is 0 Å². The molecule has 27 heavy (non-hydrogen) atoms. The summed E-state index contributed by atoms with van der Waals surface area (Å²) in [4.78, 5) is 16.5. The third kappa shape index (κ3) is 3.75. The van der Waals surface area contributed by atoms with Gasteiger partial charge in [0.2, 0.25) is 5.91 Å². The van der Waals surface area contributed by atoms with Crippen molar-refractivity contribution in [2.75, 3.05) is 0 Å². The van der Waals surface area contributed by atoms with Crippen molar-refractivity contribution in [2.24, 2.45) is 11.1 Å². The number of primary amides is 1. The summed E-state index contributed by atoms with van der Waals surface area (Å²) in [5.41, 5.74) is 9.49. The Bertz CT molecular complexity index is 952. The number of hydrogen-bond acceptors (Lipinski definition) is 2. The van der Waals surface area contributed by atoms with E-state index in [1.165, 1.54) is 37.7 Å². The van der Waals surface area contributed by atoms with Crippen molar-refractivity contribution in [1.82, 2.24) is 9.55 Å². The van der Waals surface area contributed by atoms with Gasteiger partial charge in [-0.05, 0) is 42.0 Å². The molecule has 1 fully saturated rings. The Morgan fingerprint density at radius 3 is 2.56 bits per heavy atom. The van der Waals surface area contributed by atoms with Gasteiger partial charge >= 0.3 is 0 Å². The van der Waals surface area contributed by atoms with Crippen LogP contribution in [0.4, 0.5) is 0 Å². The second kappa shape index (κ2) is 7.18. The lowest BCUT2D eigenvalue weighted by Gasteiger charge is -2.34. The first-order chi connectivity index (χ1) is 13.0. The second-order valence-electron chi connectivity index (χ2n) is 8.22. The maximum absolute atomic E-state index is 11.6. The highest BCUT2D eigenvalue weighted by atomic mass is 16.1. The van der Waals surface area contributed by atoms with Crippen LogP contribution >= 0.6 is 0 Å². The number of benzene rings is 2. The van der Waals surface area contributed by atoms with Crippen LogP contribution in [0, 0.1) is 5.41 Å². The summed E-state index contributed by atoms with van der Waals surface area (Å²) in [6.07, 6.45) is 7.27. The highest BCUT2D eigenvalue weighted by Crippen LogP contribution is 2.38. The average Bonchev–Trinajstić information content (AvgIpc) is 2.99. The summed E-state index contributed by atoms with van der Waals surface area (Å²) in [7, 11) is 0. The Hall–Kier alpha value is -2.62. The molecule has 1 amide bonds. The number of fused-ring (bicyclic) bond motifs is 1. The van der Waals surface area contributed by atoms with E-state index in [1.54, 1.807) is 0 Å². The molecule has 0 bridgehead atoms. The fraction of sp³-hybridized carbons (Fsp3) is 0.391. The standard InChI is InChI=1S/C23H27N3O/c1-23(12-6-3-7-13-23)16-26-20-11-10-18(22(24)27)15-19(20)25-21(26)14-17-8-4-2-5-9-17/h2,4-5,8-11,15H,3,6-7,12-14,16H2,1H3,(H2,24,27). The van der Waals surface area contributed by atoms with Gasteiger partial charge in [0.05, 0.1) is 11.0 Å². The molecule has 4 nitrogen and oxygen atoms in total.